The lowest BCUT2D eigenvalue weighted by molar-refractivity contribution is -0.136. The molecule has 0 unspecified atom stereocenters. The van der Waals surface area contributed by atoms with Gasteiger partial charge in [0.25, 0.3) is 0 Å². The molecule has 1 aromatic rings. The molecule has 0 atom stereocenters. The first-order chi connectivity index (χ1) is 9.04. The summed E-state index contributed by atoms with van der Waals surface area (Å²) >= 11 is 5.90. The van der Waals surface area contributed by atoms with E-state index in [-0.39, 0.29) is 0 Å². The Labute approximate surface area is 117 Å². The average molecular weight is 284 g/mol. The summed E-state index contributed by atoms with van der Waals surface area (Å²) in [5.74, 6) is -1.40. The van der Waals surface area contributed by atoms with Gasteiger partial charge in [-0.3, -0.25) is 9.59 Å². The van der Waals surface area contributed by atoms with Gasteiger partial charge in [-0.1, -0.05) is 31.4 Å². The quantitative estimate of drug-likeness (QED) is 0.440. The van der Waals surface area contributed by atoms with Crippen LogP contribution in [0.1, 0.15) is 26.2 Å². The molecule has 0 aromatic heterocycles. The SMILES string of the molecule is CCCCCNC(=O)C(=O)Nc1ccc(N)cc1Cl. The minimum absolute atomic E-state index is 0.298. The van der Waals surface area contributed by atoms with E-state index in [1.54, 1.807) is 12.1 Å². The van der Waals surface area contributed by atoms with E-state index >= 15 is 0 Å². The number of carbonyl (C=O) groups is 2. The lowest BCUT2D eigenvalue weighted by Crippen LogP contribution is -2.35. The molecule has 0 spiro atoms. The van der Waals surface area contributed by atoms with Crippen LogP contribution in [0.3, 0.4) is 0 Å². The van der Waals surface area contributed by atoms with Crippen molar-refractivity contribution in [1.82, 2.24) is 5.32 Å². The van der Waals surface area contributed by atoms with Crippen LogP contribution in [0.5, 0.6) is 0 Å². The largest absolute Gasteiger partial charge is 0.399 e. The Morgan fingerprint density at radius 2 is 2.00 bits per heavy atom. The van der Waals surface area contributed by atoms with Crippen molar-refractivity contribution in [2.45, 2.75) is 26.2 Å². The van der Waals surface area contributed by atoms with Gasteiger partial charge in [0.15, 0.2) is 0 Å². The van der Waals surface area contributed by atoms with E-state index in [0.29, 0.717) is 22.9 Å². The maximum absolute atomic E-state index is 11.6. The zero-order chi connectivity index (χ0) is 14.3. The van der Waals surface area contributed by atoms with Crippen LogP contribution in [0.25, 0.3) is 0 Å². The minimum atomic E-state index is -0.733. The van der Waals surface area contributed by atoms with Gasteiger partial charge in [-0.2, -0.15) is 0 Å². The molecule has 0 heterocycles. The summed E-state index contributed by atoms with van der Waals surface area (Å²) in [5, 5.41) is 5.29. The molecular weight excluding hydrogens is 266 g/mol. The number of hydrogen-bond donors (Lipinski definition) is 3. The van der Waals surface area contributed by atoms with E-state index in [9.17, 15) is 9.59 Å². The molecule has 0 saturated heterocycles. The number of benzene rings is 1. The molecule has 19 heavy (non-hydrogen) atoms. The van der Waals surface area contributed by atoms with E-state index in [0.717, 1.165) is 19.3 Å². The molecule has 0 fully saturated rings. The van der Waals surface area contributed by atoms with Gasteiger partial charge in [0.1, 0.15) is 0 Å². The third-order valence-electron chi connectivity index (χ3n) is 2.51. The fraction of sp³-hybridized carbons (Fsp3) is 0.385. The predicted molar refractivity (Wildman–Crippen MR) is 77.0 cm³/mol. The van der Waals surface area contributed by atoms with Gasteiger partial charge in [0, 0.05) is 12.2 Å². The number of hydrogen-bond acceptors (Lipinski definition) is 3. The molecule has 0 aliphatic rings. The summed E-state index contributed by atoms with van der Waals surface area (Å²) in [6.45, 7) is 2.56. The predicted octanol–water partition coefficient (Wildman–Crippen LogP) is 2.17. The number of nitrogen functional groups attached to an aromatic ring is 1. The lowest BCUT2D eigenvalue weighted by atomic mass is 10.2. The maximum Gasteiger partial charge on any atom is 0.313 e. The third-order valence-corrected chi connectivity index (χ3v) is 2.83. The van der Waals surface area contributed by atoms with E-state index < -0.39 is 11.8 Å². The van der Waals surface area contributed by atoms with E-state index in [1.807, 2.05) is 0 Å². The molecule has 1 aromatic carbocycles. The lowest BCUT2D eigenvalue weighted by Gasteiger charge is -2.08. The Kier molecular flexibility index (Phi) is 6.15. The van der Waals surface area contributed by atoms with Crippen molar-refractivity contribution in [3.8, 4) is 0 Å². The molecule has 1 rings (SSSR count). The van der Waals surface area contributed by atoms with Gasteiger partial charge in [0.05, 0.1) is 10.7 Å². The Morgan fingerprint density at radius 1 is 1.26 bits per heavy atom. The van der Waals surface area contributed by atoms with Gasteiger partial charge < -0.3 is 16.4 Å². The molecule has 0 aliphatic carbocycles. The molecule has 6 heteroatoms. The van der Waals surface area contributed by atoms with Crippen molar-refractivity contribution < 1.29 is 9.59 Å². The van der Waals surface area contributed by atoms with E-state index in [4.69, 9.17) is 17.3 Å². The number of amides is 2. The van der Waals surface area contributed by atoms with Crippen molar-refractivity contribution in [1.29, 1.82) is 0 Å². The standard InChI is InChI=1S/C13H18ClN3O2/c1-2-3-4-7-16-12(18)13(19)17-11-6-5-9(15)8-10(11)14/h5-6,8H,2-4,7,15H2,1H3,(H,16,18)(H,17,19). The van der Waals surface area contributed by atoms with Crippen LogP contribution in [-0.4, -0.2) is 18.4 Å². The Bertz CT molecular complexity index is 463. The number of anilines is 2. The molecule has 0 saturated carbocycles. The van der Waals surface area contributed by atoms with Crippen molar-refractivity contribution in [3.63, 3.8) is 0 Å². The van der Waals surface area contributed by atoms with Crippen LogP contribution in [-0.2, 0) is 9.59 Å². The first kappa shape index (κ1) is 15.3. The van der Waals surface area contributed by atoms with Crippen LogP contribution in [0, 0.1) is 0 Å². The molecule has 2 amide bonds. The van der Waals surface area contributed by atoms with Crippen molar-refractivity contribution in [3.05, 3.63) is 23.2 Å². The monoisotopic (exact) mass is 283 g/mol. The summed E-state index contributed by atoms with van der Waals surface area (Å²) in [6.07, 6.45) is 2.94. The molecule has 5 nitrogen and oxygen atoms in total. The third kappa shape index (κ3) is 5.18. The van der Waals surface area contributed by atoms with E-state index in [2.05, 4.69) is 17.6 Å². The summed E-state index contributed by atoms with van der Waals surface area (Å²) in [4.78, 5) is 23.1. The highest BCUT2D eigenvalue weighted by atomic mass is 35.5. The molecule has 0 radical (unpaired) electrons. The zero-order valence-corrected chi connectivity index (χ0v) is 11.6. The maximum atomic E-state index is 11.6. The smallest absolute Gasteiger partial charge is 0.313 e. The van der Waals surface area contributed by atoms with Gasteiger partial charge in [-0.15, -0.1) is 0 Å². The van der Waals surface area contributed by atoms with Crippen LogP contribution < -0.4 is 16.4 Å². The Hall–Kier alpha value is -1.75. The van der Waals surface area contributed by atoms with Crippen LogP contribution in [0.4, 0.5) is 11.4 Å². The number of nitrogens with two attached hydrogens (primary N) is 1. The van der Waals surface area contributed by atoms with Crippen molar-refractivity contribution >= 4 is 34.8 Å². The normalized spacial score (nSPS) is 10.0. The second kappa shape index (κ2) is 7.63. The highest BCUT2D eigenvalue weighted by molar-refractivity contribution is 6.41. The van der Waals surface area contributed by atoms with Crippen LogP contribution >= 0.6 is 11.6 Å². The summed E-state index contributed by atoms with van der Waals surface area (Å²) < 4.78 is 0. The number of rotatable bonds is 5. The average Bonchev–Trinajstić information content (AvgIpc) is 2.37. The zero-order valence-electron chi connectivity index (χ0n) is 10.8. The number of carbonyl (C=O) groups excluding carboxylic acids is 2. The van der Waals surface area contributed by atoms with E-state index in [1.165, 1.54) is 6.07 Å². The highest BCUT2D eigenvalue weighted by Crippen LogP contribution is 2.23. The van der Waals surface area contributed by atoms with Gasteiger partial charge in [-0.25, -0.2) is 0 Å². The Balaban J connectivity index is 2.47. The molecule has 104 valence electrons. The molecule has 0 aliphatic heterocycles. The summed E-state index contributed by atoms with van der Waals surface area (Å²) in [6, 6.07) is 4.66. The van der Waals surface area contributed by atoms with Crippen LogP contribution in [0.2, 0.25) is 5.02 Å². The topological polar surface area (TPSA) is 84.2 Å². The first-order valence-corrected chi connectivity index (χ1v) is 6.56. The van der Waals surface area contributed by atoms with Gasteiger partial charge in [0.2, 0.25) is 0 Å². The van der Waals surface area contributed by atoms with Gasteiger partial charge >= 0.3 is 11.8 Å². The molecule has 0 bridgehead atoms. The highest BCUT2D eigenvalue weighted by Gasteiger charge is 2.14. The first-order valence-electron chi connectivity index (χ1n) is 6.18. The fourth-order valence-corrected chi connectivity index (χ4v) is 1.71. The van der Waals surface area contributed by atoms with Crippen molar-refractivity contribution in [2.75, 3.05) is 17.6 Å². The Morgan fingerprint density at radius 3 is 2.63 bits per heavy atom. The fourth-order valence-electron chi connectivity index (χ4n) is 1.47. The number of unbranched alkanes of at least 4 members (excludes halogenated alkanes) is 2. The second-order valence-corrected chi connectivity index (χ2v) is 4.56. The second-order valence-electron chi connectivity index (χ2n) is 4.16. The summed E-state index contributed by atoms with van der Waals surface area (Å²) in [5.41, 5.74) is 6.39. The minimum Gasteiger partial charge on any atom is -0.399 e. The number of nitrogens with one attached hydrogen (secondary N) is 2. The van der Waals surface area contributed by atoms with Crippen molar-refractivity contribution in [2.24, 2.45) is 0 Å². The van der Waals surface area contributed by atoms with Crippen LogP contribution in [0.15, 0.2) is 18.2 Å². The summed E-state index contributed by atoms with van der Waals surface area (Å²) in [7, 11) is 0. The van der Waals surface area contributed by atoms with Gasteiger partial charge in [-0.05, 0) is 24.6 Å². The molecule has 4 N–H and O–H groups in total. The molecular formula is C13H18ClN3O2. The number of halogens is 1.